The van der Waals surface area contributed by atoms with Crippen LogP contribution in [0.1, 0.15) is 155 Å². The largest absolute Gasteiger partial charge is 0.328 e. The maximum atomic E-state index is 5.02. The number of benzene rings is 1. The minimum absolute atomic E-state index is 1.14. The molecule has 34 heavy (non-hydrogen) atoms. The van der Waals surface area contributed by atoms with Crippen LogP contribution in [0.3, 0.4) is 0 Å². The molecule has 0 amide bonds. The first-order chi connectivity index (χ1) is 16.9. The second-order valence-electron chi connectivity index (χ2n) is 10.6. The maximum Gasteiger partial charge on any atom is 0.109 e. The van der Waals surface area contributed by atoms with Gasteiger partial charge in [0.15, 0.2) is 0 Å². The van der Waals surface area contributed by atoms with Crippen LogP contribution in [0.15, 0.2) is 24.3 Å². The third-order valence-electron chi connectivity index (χ3n) is 7.47. The van der Waals surface area contributed by atoms with E-state index in [4.69, 9.17) is 4.98 Å². The summed E-state index contributed by atoms with van der Waals surface area (Å²) in [5.74, 6) is 1.33. The van der Waals surface area contributed by atoms with E-state index in [0.717, 1.165) is 13.0 Å². The molecule has 2 rings (SSSR count). The Morgan fingerprint density at radius 2 is 0.971 bits per heavy atom. The number of unbranched alkanes of at least 4 members (excludes halogenated alkanes) is 19. The molecule has 194 valence electrons. The van der Waals surface area contributed by atoms with E-state index in [2.05, 4.69) is 42.7 Å². The van der Waals surface area contributed by atoms with Crippen LogP contribution in [0.25, 0.3) is 11.0 Å². The zero-order chi connectivity index (χ0) is 24.1. The summed E-state index contributed by atoms with van der Waals surface area (Å²) in [5, 5.41) is 0. The lowest BCUT2D eigenvalue weighted by molar-refractivity contribution is 0.527. The van der Waals surface area contributed by atoms with Gasteiger partial charge >= 0.3 is 0 Å². The molecule has 0 atom stereocenters. The Balaban J connectivity index is 1.59. The second-order valence-corrected chi connectivity index (χ2v) is 10.6. The molecule has 2 nitrogen and oxygen atoms in total. The van der Waals surface area contributed by atoms with Crippen molar-refractivity contribution in [2.24, 2.45) is 0 Å². The molecule has 0 aliphatic rings. The van der Waals surface area contributed by atoms with Crippen LogP contribution < -0.4 is 0 Å². The fraction of sp³-hybridized carbons (Fsp3) is 0.781. The van der Waals surface area contributed by atoms with Gasteiger partial charge in [-0.2, -0.15) is 0 Å². The van der Waals surface area contributed by atoms with E-state index in [0.29, 0.717) is 0 Å². The van der Waals surface area contributed by atoms with Crippen LogP contribution in [0.2, 0.25) is 0 Å². The SMILES string of the molecule is CCCCCCCCCCCCCCCc1nc2ccccc2n1CCCCCCCCCC. The smallest absolute Gasteiger partial charge is 0.109 e. The predicted molar refractivity (Wildman–Crippen MR) is 152 cm³/mol. The third kappa shape index (κ3) is 12.4. The van der Waals surface area contributed by atoms with Crippen molar-refractivity contribution in [1.82, 2.24) is 9.55 Å². The Morgan fingerprint density at radius 1 is 0.529 bits per heavy atom. The average molecular weight is 469 g/mol. The summed E-state index contributed by atoms with van der Waals surface area (Å²) < 4.78 is 2.53. The highest BCUT2D eigenvalue weighted by molar-refractivity contribution is 5.75. The van der Waals surface area contributed by atoms with Crippen molar-refractivity contribution in [3.05, 3.63) is 30.1 Å². The van der Waals surface area contributed by atoms with Crippen LogP contribution >= 0.6 is 0 Å². The van der Waals surface area contributed by atoms with Gasteiger partial charge in [0, 0.05) is 13.0 Å². The van der Waals surface area contributed by atoms with Gasteiger partial charge in [-0.1, -0.05) is 148 Å². The number of aryl methyl sites for hydroxylation is 2. The standard InChI is InChI=1S/C32H56N2/c1-3-5-7-9-11-13-14-15-16-17-18-20-22-28-32-33-30-26-23-24-27-31(30)34(32)29-25-21-19-12-10-8-6-4-2/h23-24,26-27H,3-22,25,28-29H2,1-2H3. The number of nitrogens with zero attached hydrogens (tertiary/aromatic N) is 2. The molecular formula is C32H56N2. The van der Waals surface area contributed by atoms with Gasteiger partial charge in [-0.05, 0) is 25.0 Å². The normalized spacial score (nSPS) is 11.6. The molecule has 2 aromatic rings. The van der Waals surface area contributed by atoms with Gasteiger partial charge in [0.05, 0.1) is 11.0 Å². The zero-order valence-electron chi connectivity index (χ0n) is 23.0. The van der Waals surface area contributed by atoms with E-state index in [9.17, 15) is 0 Å². The van der Waals surface area contributed by atoms with E-state index >= 15 is 0 Å². The van der Waals surface area contributed by atoms with Crippen LogP contribution in [0.4, 0.5) is 0 Å². The van der Waals surface area contributed by atoms with Gasteiger partial charge in [0.1, 0.15) is 5.82 Å². The Bertz CT molecular complexity index is 717. The van der Waals surface area contributed by atoms with Gasteiger partial charge < -0.3 is 4.57 Å². The molecule has 1 aromatic carbocycles. The number of aromatic nitrogens is 2. The maximum absolute atomic E-state index is 5.02. The Kier molecular flexibility index (Phi) is 17.0. The van der Waals surface area contributed by atoms with Crippen LogP contribution in [-0.4, -0.2) is 9.55 Å². The lowest BCUT2D eigenvalue weighted by Gasteiger charge is -2.10. The Morgan fingerprint density at radius 3 is 1.50 bits per heavy atom. The third-order valence-corrected chi connectivity index (χ3v) is 7.47. The molecule has 1 aromatic heterocycles. The summed E-state index contributed by atoms with van der Waals surface area (Å²) in [7, 11) is 0. The molecule has 0 unspecified atom stereocenters. The summed E-state index contributed by atoms with van der Waals surface area (Å²) in [6.45, 7) is 5.74. The summed E-state index contributed by atoms with van der Waals surface area (Å²) >= 11 is 0. The highest BCUT2D eigenvalue weighted by Crippen LogP contribution is 2.20. The number of imidazole rings is 1. The van der Waals surface area contributed by atoms with Crippen molar-refractivity contribution in [3.63, 3.8) is 0 Å². The molecule has 0 saturated heterocycles. The highest BCUT2D eigenvalue weighted by Gasteiger charge is 2.10. The average Bonchev–Trinajstić information content (AvgIpc) is 3.21. The van der Waals surface area contributed by atoms with Gasteiger partial charge in [0.25, 0.3) is 0 Å². The van der Waals surface area contributed by atoms with Gasteiger partial charge in [-0.25, -0.2) is 4.98 Å². The van der Waals surface area contributed by atoms with E-state index in [1.165, 1.54) is 152 Å². The second kappa shape index (κ2) is 19.9. The summed E-state index contributed by atoms with van der Waals surface area (Å²) in [6.07, 6.45) is 30.6. The molecule has 0 radical (unpaired) electrons. The molecule has 0 N–H and O–H groups in total. The molecule has 0 bridgehead atoms. The lowest BCUT2D eigenvalue weighted by atomic mass is 10.0. The molecule has 0 aliphatic heterocycles. The van der Waals surface area contributed by atoms with E-state index in [1.54, 1.807) is 0 Å². The van der Waals surface area contributed by atoms with Crippen LogP contribution in [-0.2, 0) is 13.0 Å². The lowest BCUT2D eigenvalue weighted by Crippen LogP contribution is -2.04. The van der Waals surface area contributed by atoms with E-state index in [1.807, 2.05) is 0 Å². The first-order valence-corrected chi connectivity index (χ1v) is 15.3. The number of hydrogen-bond acceptors (Lipinski definition) is 1. The minimum atomic E-state index is 1.14. The van der Waals surface area contributed by atoms with E-state index in [-0.39, 0.29) is 0 Å². The van der Waals surface area contributed by atoms with E-state index < -0.39 is 0 Å². The van der Waals surface area contributed by atoms with Crippen molar-refractivity contribution in [2.45, 2.75) is 162 Å². The molecule has 0 spiro atoms. The molecule has 2 heteroatoms. The molecule has 1 heterocycles. The van der Waals surface area contributed by atoms with Gasteiger partial charge in [0.2, 0.25) is 0 Å². The number of fused-ring (bicyclic) bond motifs is 1. The van der Waals surface area contributed by atoms with Gasteiger partial charge in [-0.3, -0.25) is 0 Å². The monoisotopic (exact) mass is 468 g/mol. The summed E-state index contributed by atoms with van der Waals surface area (Å²) in [6, 6.07) is 8.75. The molecule has 0 aliphatic carbocycles. The predicted octanol–water partition coefficient (Wildman–Crippen LogP) is 10.8. The van der Waals surface area contributed by atoms with Gasteiger partial charge in [-0.15, -0.1) is 0 Å². The Labute approximate surface area is 212 Å². The molecular weight excluding hydrogens is 412 g/mol. The van der Waals surface area contributed by atoms with Crippen LogP contribution in [0, 0.1) is 0 Å². The van der Waals surface area contributed by atoms with Crippen molar-refractivity contribution in [1.29, 1.82) is 0 Å². The summed E-state index contributed by atoms with van der Waals surface area (Å²) in [4.78, 5) is 5.02. The van der Waals surface area contributed by atoms with Crippen molar-refractivity contribution in [3.8, 4) is 0 Å². The number of hydrogen-bond donors (Lipinski definition) is 0. The highest BCUT2D eigenvalue weighted by atomic mass is 15.1. The topological polar surface area (TPSA) is 17.8 Å². The first-order valence-electron chi connectivity index (χ1n) is 15.3. The fourth-order valence-corrected chi connectivity index (χ4v) is 5.27. The van der Waals surface area contributed by atoms with Crippen molar-refractivity contribution < 1.29 is 0 Å². The quantitative estimate of drug-likeness (QED) is 0.148. The van der Waals surface area contributed by atoms with Crippen molar-refractivity contribution in [2.75, 3.05) is 0 Å². The molecule has 0 saturated carbocycles. The number of para-hydroxylation sites is 2. The van der Waals surface area contributed by atoms with Crippen molar-refractivity contribution >= 4 is 11.0 Å². The van der Waals surface area contributed by atoms with Crippen LogP contribution in [0.5, 0.6) is 0 Å². The Hall–Kier alpha value is -1.31. The fourth-order valence-electron chi connectivity index (χ4n) is 5.27. The minimum Gasteiger partial charge on any atom is -0.328 e. The number of rotatable bonds is 23. The molecule has 0 fully saturated rings. The first kappa shape index (κ1) is 28.9. The summed E-state index contributed by atoms with van der Waals surface area (Å²) in [5.41, 5.74) is 2.53. The zero-order valence-corrected chi connectivity index (χ0v) is 23.0.